The lowest BCUT2D eigenvalue weighted by Crippen LogP contribution is -2.48. The van der Waals surface area contributed by atoms with E-state index in [1.54, 1.807) is 39.9 Å². The molecule has 4 heterocycles. The van der Waals surface area contributed by atoms with Crippen LogP contribution < -0.4 is 10.4 Å². The third-order valence-electron chi connectivity index (χ3n) is 5.79. The fourth-order valence-corrected chi connectivity index (χ4v) is 3.99. The van der Waals surface area contributed by atoms with E-state index in [2.05, 4.69) is 15.4 Å². The summed E-state index contributed by atoms with van der Waals surface area (Å²) in [5.41, 5.74) is 2.70. The quantitative estimate of drug-likeness (QED) is 0.732. The van der Waals surface area contributed by atoms with Crippen LogP contribution in [-0.4, -0.2) is 68.2 Å². The molecule has 4 rings (SSSR count). The van der Waals surface area contributed by atoms with Gasteiger partial charge in [0.15, 0.2) is 17.4 Å². The highest BCUT2D eigenvalue weighted by Gasteiger charge is 2.43. The summed E-state index contributed by atoms with van der Waals surface area (Å²) in [7, 11) is 1.77. The Hall–Kier alpha value is -3.47. The Morgan fingerprint density at radius 2 is 2.00 bits per heavy atom. The SMILES string of the molecule is CCN(C(=O)c1cnc(C2=NC3(CCN(C(=O)OC(C)(C)C)CC3)ON2)n1C)c1cccnc1. The molecular weight excluding hydrogens is 438 g/mol. The number of nitrogens with one attached hydrogen (secondary N) is 1. The minimum atomic E-state index is -0.783. The van der Waals surface area contributed by atoms with Crippen molar-refractivity contribution in [1.29, 1.82) is 0 Å². The molecule has 2 aromatic rings. The number of amides is 2. The summed E-state index contributed by atoms with van der Waals surface area (Å²) in [6, 6.07) is 3.64. The van der Waals surface area contributed by atoms with Crippen molar-refractivity contribution in [2.75, 3.05) is 24.5 Å². The number of pyridine rings is 1. The fourth-order valence-electron chi connectivity index (χ4n) is 3.99. The summed E-state index contributed by atoms with van der Waals surface area (Å²) >= 11 is 0. The first-order valence-corrected chi connectivity index (χ1v) is 11.4. The molecule has 0 radical (unpaired) electrons. The molecule has 2 aliphatic heterocycles. The molecule has 2 aliphatic rings. The molecular formula is C23H31N7O4. The summed E-state index contributed by atoms with van der Waals surface area (Å²) in [6.07, 6.45) is 5.56. The summed E-state index contributed by atoms with van der Waals surface area (Å²) in [5.74, 6) is 0.769. The average molecular weight is 470 g/mol. The highest BCUT2D eigenvalue weighted by atomic mass is 16.7. The number of ether oxygens (including phenoxy) is 1. The summed E-state index contributed by atoms with van der Waals surface area (Å²) in [6.45, 7) is 8.87. The second-order valence-corrected chi connectivity index (χ2v) is 9.36. The molecule has 2 amide bonds. The average Bonchev–Trinajstić information content (AvgIpc) is 3.37. The first-order valence-electron chi connectivity index (χ1n) is 11.4. The van der Waals surface area contributed by atoms with E-state index in [4.69, 9.17) is 14.6 Å². The van der Waals surface area contributed by atoms with Crippen molar-refractivity contribution in [3.63, 3.8) is 0 Å². The minimum Gasteiger partial charge on any atom is -0.444 e. The third kappa shape index (κ3) is 4.74. The molecule has 0 unspecified atom stereocenters. The third-order valence-corrected chi connectivity index (χ3v) is 5.79. The van der Waals surface area contributed by atoms with Gasteiger partial charge < -0.3 is 19.1 Å². The predicted molar refractivity (Wildman–Crippen MR) is 125 cm³/mol. The van der Waals surface area contributed by atoms with Gasteiger partial charge in [-0.05, 0) is 39.8 Å². The molecule has 0 saturated carbocycles. The van der Waals surface area contributed by atoms with E-state index in [1.807, 2.05) is 33.8 Å². The van der Waals surface area contributed by atoms with E-state index >= 15 is 0 Å². The van der Waals surface area contributed by atoms with Gasteiger partial charge in [0.25, 0.3) is 5.91 Å². The van der Waals surface area contributed by atoms with Crippen molar-refractivity contribution in [3.05, 3.63) is 42.2 Å². The maximum Gasteiger partial charge on any atom is 0.410 e. The molecule has 11 heteroatoms. The van der Waals surface area contributed by atoms with Crippen molar-refractivity contribution in [2.45, 2.75) is 51.9 Å². The zero-order valence-electron chi connectivity index (χ0n) is 20.2. The number of carbonyl (C=O) groups excluding carboxylic acids is 2. The zero-order chi connectivity index (χ0) is 24.5. The van der Waals surface area contributed by atoms with Gasteiger partial charge in [0, 0.05) is 45.7 Å². The number of likely N-dealkylation sites (tertiary alicyclic amines) is 1. The van der Waals surface area contributed by atoms with E-state index < -0.39 is 11.3 Å². The Balaban J connectivity index is 1.47. The summed E-state index contributed by atoms with van der Waals surface area (Å²) < 4.78 is 7.16. The number of aromatic nitrogens is 3. The van der Waals surface area contributed by atoms with Crippen LogP contribution in [0.4, 0.5) is 10.5 Å². The van der Waals surface area contributed by atoms with E-state index in [1.165, 1.54) is 6.20 Å². The first-order chi connectivity index (χ1) is 16.1. The van der Waals surface area contributed by atoms with Crippen LogP contribution in [0, 0.1) is 0 Å². The van der Waals surface area contributed by atoms with Gasteiger partial charge in [-0.15, -0.1) is 0 Å². The van der Waals surface area contributed by atoms with Gasteiger partial charge in [-0.3, -0.25) is 9.78 Å². The van der Waals surface area contributed by atoms with Gasteiger partial charge in [-0.2, -0.15) is 0 Å². The molecule has 0 aliphatic carbocycles. The number of carbonyl (C=O) groups is 2. The van der Waals surface area contributed by atoms with Crippen LogP contribution in [0.1, 0.15) is 56.8 Å². The Labute approximate surface area is 198 Å². The van der Waals surface area contributed by atoms with Gasteiger partial charge in [0.1, 0.15) is 11.3 Å². The normalized spacial score (nSPS) is 17.3. The van der Waals surface area contributed by atoms with Crippen molar-refractivity contribution in [1.82, 2.24) is 24.9 Å². The van der Waals surface area contributed by atoms with Crippen LogP contribution in [-0.2, 0) is 16.6 Å². The standard InChI is InChI=1S/C23H31N7O4/c1-6-30(16-8-7-11-24-14-16)20(31)17-15-25-19(28(17)5)18-26-23(34-27-18)9-12-29(13-10-23)21(32)33-22(2,3)4/h7-8,11,14-15H,6,9-10,12-13H2,1-5H3,(H,26,27). The molecule has 34 heavy (non-hydrogen) atoms. The smallest absolute Gasteiger partial charge is 0.410 e. The molecule has 1 N–H and O–H groups in total. The second-order valence-electron chi connectivity index (χ2n) is 9.36. The maximum atomic E-state index is 13.2. The number of hydrogen-bond donors (Lipinski definition) is 1. The van der Waals surface area contributed by atoms with Crippen molar-refractivity contribution >= 4 is 23.5 Å². The Morgan fingerprint density at radius 1 is 1.26 bits per heavy atom. The monoisotopic (exact) mass is 469 g/mol. The second kappa shape index (κ2) is 9.05. The lowest BCUT2D eigenvalue weighted by atomic mass is 10.0. The number of hydroxylamine groups is 1. The highest BCUT2D eigenvalue weighted by Crippen LogP contribution is 2.31. The molecule has 0 atom stereocenters. The number of hydrogen-bond acceptors (Lipinski definition) is 8. The number of nitrogens with zero attached hydrogens (tertiary/aromatic N) is 6. The molecule has 1 fully saturated rings. The van der Waals surface area contributed by atoms with E-state index in [0.717, 1.165) is 0 Å². The van der Waals surface area contributed by atoms with Crippen LogP contribution in [0.3, 0.4) is 0 Å². The van der Waals surface area contributed by atoms with Crippen molar-refractivity contribution < 1.29 is 19.2 Å². The summed E-state index contributed by atoms with van der Waals surface area (Å²) in [5, 5.41) is 0. The molecule has 0 bridgehead atoms. The maximum absolute atomic E-state index is 13.2. The largest absolute Gasteiger partial charge is 0.444 e. The van der Waals surface area contributed by atoms with Gasteiger partial charge in [0.05, 0.1) is 18.1 Å². The van der Waals surface area contributed by atoms with Crippen LogP contribution in [0.5, 0.6) is 0 Å². The molecule has 0 aromatic carbocycles. The van der Waals surface area contributed by atoms with Gasteiger partial charge >= 0.3 is 6.09 Å². The lowest BCUT2D eigenvalue weighted by molar-refractivity contribution is -0.0894. The zero-order valence-corrected chi connectivity index (χ0v) is 20.2. The minimum absolute atomic E-state index is 0.184. The fraction of sp³-hybridized carbons (Fsp3) is 0.522. The summed E-state index contributed by atoms with van der Waals surface area (Å²) in [4.78, 5) is 48.0. The van der Waals surface area contributed by atoms with Crippen molar-refractivity contribution in [2.24, 2.45) is 12.0 Å². The first kappa shape index (κ1) is 23.7. The molecule has 1 saturated heterocycles. The number of amidine groups is 1. The Kier molecular flexibility index (Phi) is 6.30. The number of piperidine rings is 1. The van der Waals surface area contributed by atoms with Gasteiger partial charge in [-0.25, -0.2) is 25.1 Å². The topological polar surface area (TPSA) is 114 Å². The van der Waals surface area contributed by atoms with E-state index in [-0.39, 0.29) is 12.0 Å². The number of imidazole rings is 1. The van der Waals surface area contributed by atoms with E-state index in [9.17, 15) is 9.59 Å². The van der Waals surface area contributed by atoms with Crippen LogP contribution in [0.15, 0.2) is 35.7 Å². The van der Waals surface area contributed by atoms with Crippen LogP contribution in [0.2, 0.25) is 0 Å². The Bertz CT molecular complexity index is 1080. The van der Waals surface area contributed by atoms with Gasteiger partial charge in [0.2, 0.25) is 0 Å². The molecule has 11 nitrogen and oxygen atoms in total. The van der Waals surface area contributed by atoms with E-state index in [0.29, 0.717) is 55.5 Å². The van der Waals surface area contributed by atoms with Gasteiger partial charge in [-0.1, -0.05) is 0 Å². The molecule has 1 spiro atoms. The lowest BCUT2D eigenvalue weighted by Gasteiger charge is -2.36. The van der Waals surface area contributed by atoms with Crippen LogP contribution >= 0.6 is 0 Å². The molecule has 182 valence electrons. The number of aliphatic imine (C=N–C) groups is 1. The predicted octanol–water partition coefficient (Wildman–Crippen LogP) is 2.49. The Morgan fingerprint density at radius 3 is 2.62 bits per heavy atom. The number of anilines is 1. The molecule has 2 aromatic heterocycles. The highest BCUT2D eigenvalue weighted by molar-refractivity contribution is 6.06. The number of rotatable bonds is 4. The van der Waals surface area contributed by atoms with Crippen molar-refractivity contribution in [3.8, 4) is 0 Å². The van der Waals surface area contributed by atoms with Crippen LogP contribution in [0.25, 0.3) is 0 Å².